The van der Waals surface area contributed by atoms with E-state index in [1.807, 2.05) is 5.38 Å². The first-order valence-electron chi connectivity index (χ1n) is 4.67. The second kappa shape index (κ2) is 5.76. The van der Waals surface area contributed by atoms with Crippen LogP contribution in [0, 0.1) is 5.82 Å². The molecule has 0 aliphatic heterocycles. The number of hydrogen-bond acceptors (Lipinski definition) is 1. The smallest absolute Gasteiger partial charge is 0.151 e. The van der Waals surface area contributed by atoms with Crippen molar-refractivity contribution >= 4 is 27.3 Å². The lowest BCUT2D eigenvalue weighted by atomic mass is 10.1. The van der Waals surface area contributed by atoms with Crippen molar-refractivity contribution in [2.24, 2.45) is 0 Å². The summed E-state index contributed by atoms with van der Waals surface area (Å²) in [6.07, 6.45) is 5.69. The molecule has 0 nitrogen and oxygen atoms in total. The van der Waals surface area contributed by atoms with Crippen molar-refractivity contribution < 1.29 is 4.39 Å². The molecule has 0 bridgehead atoms. The van der Waals surface area contributed by atoms with Gasteiger partial charge in [0.2, 0.25) is 0 Å². The number of hydrogen-bond donors (Lipinski definition) is 0. The monoisotopic (exact) mass is 264 g/mol. The number of thiophene rings is 1. The van der Waals surface area contributed by atoms with Crippen molar-refractivity contribution in [1.29, 1.82) is 0 Å². The Kier molecular flexibility index (Phi) is 4.96. The Labute approximate surface area is 91.3 Å². The minimum absolute atomic E-state index is 0.0542. The third kappa shape index (κ3) is 3.39. The largest absolute Gasteiger partial charge is 0.205 e. The fraction of sp³-hybridized carbons (Fsp3) is 0.600. The van der Waals surface area contributed by atoms with E-state index in [1.165, 1.54) is 30.6 Å². The molecule has 3 heteroatoms. The van der Waals surface area contributed by atoms with Gasteiger partial charge in [0.15, 0.2) is 5.82 Å². The van der Waals surface area contributed by atoms with Crippen LogP contribution in [0.25, 0.3) is 0 Å². The van der Waals surface area contributed by atoms with Crippen molar-refractivity contribution in [3.8, 4) is 0 Å². The molecule has 0 atom stereocenters. The summed E-state index contributed by atoms with van der Waals surface area (Å²) in [6, 6.07) is 0. The molecule has 74 valence electrons. The number of rotatable bonds is 5. The number of aryl methyl sites for hydroxylation is 1. The van der Waals surface area contributed by atoms with E-state index in [0.717, 1.165) is 18.4 Å². The molecular formula is C10H14BrFS. The molecule has 0 saturated carbocycles. The molecule has 0 unspecified atom stereocenters. The molecule has 0 amide bonds. The van der Waals surface area contributed by atoms with E-state index >= 15 is 0 Å². The molecule has 1 rings (SSSR count). The summed E-state index contributed by atoms with van der Waals surface area (Å²) in [6.45, 7) is 2.18. The highest BCUT2D eigenvalue weighted by molar-refractivity contribution is 9.11. The van der Waals surface area contributed by atoms with Crippen LogP contribution in [0.2, 0.25) is 0 Å². The Bertz CT molecular complexity index is 257. The summed E-state index contributed by atoms with van der Waals surface area (Å²) in [4.78, 5) is 0. The first-order valence-corrected chi connectivity index (χ1v) is 6.34. The van der Waals surface area contributed by atoms with Gasteiger partial charge < -0.3 is 0 Å². The van der Waals surface area contributed by atoms with Crippen LogP contribution in [0.5, 0.6) is 0 Å². The van der Waals surface area contributed by atoms with Crippen LogP contribution in [-0.4, -0.2) is 0 Å². The molecule has 1 aromatic heterocycles. The second-order valence-electron chi connectivity index (χ2n) is 3.16. The van der Waals surface area contributed by atoms with Crippen molar-refractivity contribution in [3.05, 3.63) is 20.5 Å². The highest BCUT2D eigenvalue weighted by atomic mass is 79.9. The molecule has 0 aliphatic carbocycles. The Hall–Kier alpha value is 0.110. The van der Waals surface area contributed by atoms with Crippen molar-refractivity contribution in [2.75, 3.05) is 0 Å². The van der Waals surface area contributed by atoms with Crippen LogP contribution in [0.4, 0.5) is 4.39 Å². The van der Waals surface area contributed by atoms with Crippen LogP contribution in [0.1, 0.15) is 38.2 Å². The average Bonchev–Trinajstić information content (AvgIpc) is 2.43. The predicted octanol–water partition coefficient (Wildman–Crippen LogP) is 4.77. The maximum absolute atomic E-state index is 13.2. The molecule has 13 heavy (non-hydrogen) atoms. The van der Waals surface area contributed by atoms with E-state index in [0.29, 0.717) is 3.79 Å². The van der Waals surface area contributed by atoms with Gasteiger partial charge in [-0.1, -0.05) is 26.2 Å². The van der Waals surface area contributed by atoms with Crippen LogP contribution in [0.15, 0.2) is 9.17 Å². The fourth-order valence-electron chi connectivity index (χ4n) is 1.26. The molecule has 0 spiro atoms. The SMILES string of the molecule is CCCCCCc1csc(Br)c1F. The van der Waals surface area contributed by atoms with E-state index in [9.17, 15) is 4.39 Å². The molecule has 0 radical (unpaired) electrons. The van der Waals surface area contributed by atoms with Gasteiger partial charge in [0.1, 0.15) is 3.79 Å². The quantitative estimate of drug-likeness (QED) is 0.672. The molecule has 0 aliphatic rings. The first kappa shape index (κ1) is 11.2. The Morgan fingerprint density at radius 1 is 1.38 bits per heavy atom. The highest BCUT2D eigenvalue weighted by Gasteiger charge is 2.07. The summed E-state index contributed by atoms with van der Waals surface area (Å²) in [5, 5.41) is 1.91. The average molecular weight is 265 g/mol. The maximum Gasteiger partial charge on any atom is 0.151 e. The summed E-state index contributed by atoms with van der Waals surface area (Å²) in [5.74, 6) is -0.0542. The van der Waals surface area contributed by atoms with Crippen LogP contribution in [0.3, 0.4) is 0 Å². The molecular weight excluding hydrogens is 251 g/mol. The van der Waals surface area contributed by atoms with E-state index in [4.69, 9.17) is 0 Å². The highest BCUT2D eigenvalue weighted by Crippen LogP contribution is 2.27. The van der Waals surface area contributed by atoms with E-state index in [1.54, 1.807) is 0 Å². The number of halogens is 2. The van der Waals surface area contributed by atoms with Gasteiger partial charge in [-0.15, -0.1) is 11.3 Å². The topological polar surface area (TPSA) is 0 Å². The van der Waals surface area contributed by atoms with E-state index in [2.05, 4.69) is 22.9 Å². The summed E-state index contributed by atoms with van der Waals surface area (Å²) in [5.41, 5.74) is 0.868. The minimum atomic E-state index is -0.0542. The van der Waals surface area contributed by atoms with Crippen molar-refractivity contribution in [1.82, 2.24) is 0 Å². The summed E-state index contributed by atoms with van der Waals surface area (Å²) < 4.78 is 13.9. The van der Waals surface area contributed by atoms with Gasteiger partial charge in [0, 0.05) is 0 Å². The predicted molar refractivity (Wildman–Crippen MR) is 59.8 cm³/mol. The van der Waals surface area contributed by atoms with Gasteiger partial charge in [-0.05, 0) is 39.7 Å². The molecule has 0 N–H and O–H groups in total. The Morgan fingerprint density at radius 2 is 2.15 bits per heavy atom. The van der Waals surface area contributed by atoms with Crippen molar-refractivity contribution in [3.63, 3.8) is 0 Å². The summed E-state index contributed by atoms with van der Waals surface area (Å²) >= 11 is 4.62. The third-order valence-corrected chi connectivity index (χ3v) is 3.76. The van der Waals surface area contributed by atoms with Gasteiger partial charge in [-0.2, -0.15) is 0 Å². The zero-order chi connectivity index (χ0) is 9.68. The second-order valence-corrected chi connectivity index (χ2v) is 5.36. The van der Waals surface area contributed by atoms with Crippen LogP contribution >= 0.6 is 27.3 Å². The Morgan fingerprint density at radius 3 is 2.69 bits per heavy atom. The molecule has 1 aromatic rings. The van der Waals surface area contributed by atoms with E-state index < -0.39 is 0 Å². The van der Waals surface area contributed by atoms with Gasteiger partial charge in [-0.3, -0.25) is 0 Å². The minimum Gasteiger partial charge on any atom is -0.205 e. The lowest BCUT2D eigenvalue weighted by Crippen LogP contribution is -1.86. The normalized spacial score (nSPS) is 10.7. The fourth-order valence-corrected chi connectivity index (χ4v) is 2.50. The first-order chi connectivity index (χ1) is 6.25. The molecule has 0 aromatic carbocycles. The lowest BCUT2D eigenvalue weighted by Gasteiger charge is -1.97. The molecule has 1 heterocycles. The molecule has 0 saturated heterocycles. The van der Waals surface area contributed by atoms with Crippen molar-refractivity contribution in [2.45, 2.75) is 39.0 Å². The standard InChI is InChI=1S/C10H14BrFS/c1-2-3-4-5-6-8-7-13-10(11)9(8)12/h7H,2-6H2,1H3. The lowest BCUT2D eigenvalue weighted by molar-refractivity contribution is 0.595. The molecule has 0 fully saturated rings. The third-order valence-electron chi connectivity index (χ3n) is 2.06. The number of unbranched alkanes of at least 4 members (excludes halogenated alkanes) is 3. The maximum atomic E-state index is 13.2. The zero-order valence-electron chi connectivity index (χ0n) is 7.78. The van der Waals surface area contributed by atoms with E-state index in [-0.39, 0.29) is 5.82 Å². The van der Waals surface area contributed by atoms with Gasteiger partial charge >= 0.3 is 0 Å². The van der Waals surface area contributed by atoms with Gasteiger partial charge in [0.25, 0.3) is 0 Å². The van der Waals surface area contributed by atoms with Gasteiger partial charge in [-0.25, -0.2) is 4.39 Å². The van der Waals surface area contributed by atoms with Crippen LogP contribution in [-0.2, 0) is 6.42 Å². The Balaban J connectivity index is 2.32. The summed E-state index contributed by atoms with van der Waals surface area (Å²) in [7, 11) is 0. The van der Waals surface area contributed by atoms with Crippen LogP contribution < -0.4 is 0 Å². The zero-order valence-corrected chi connectivity index (χ0v) is 10.2. The van der Waals surface area contributed by atoms with Gasteiger partial charge in [0.05, 0.1) is 0 Å².